The van der Waals surface area contributed by atoms with Crippen molar-refractivity contribution in [2.75, 3.05) is 19.3 Å². The summed E-state index contributed by atoms with van der Waals surface area (Å²) in [6.45, 7) is 3.99. The van der Waals surface area contributed by atoms with Crippen LogP contribution in [0.2, 0.25) is 0 Å². The number of hydrogen-bond acceptors (Lipinski definition) is 2. The van der Waals surface area contributed by atoms with E-state index < -0.39 is 10.0 Å². The molecule has 0 N–H and O–H groups in total. The molecule has 0 saturated heterocycles. The molecule has 5 heteroatoms. The summed E-state index contributed by atoms with van der Waals surface area (Å²) in [5.41, 5.74) is 0. The molecule has 0 amide bonds. The summed E-state index contributed by atoms with van der Waals surface area (Å²) in [5.74, 6) is 0.153. The molecule has 0 aromatic carbocycles. The van der Waals surface area contributed by atoms with E-state index in [9.17, 15) is 8.42 Å². The lowest BCUT2D eigenvalue weighted by Gasteiger charge is -2.16. The summed E-state index contributed by atoms with van der Waals surface area (Å²) in [6.07, 6.45) is 0.692. The summed E-state index contributed by atoms with van der Waals surface area (Å²) in [5, 5.41) is 0.0273. The van der Waals surface area contributed by atoms with Crippen molar-refractivity contribution >= 4 is 21.6 Å². The van der Waals surface area contributed by atoms with Gasteiger partial charge in [0.25, 0.3) is 0 Å². The number of alkyl halides is 1. The third kappa shape index (κ3) is 4.28. The first-order chi connectivity index (χ1) is 5.40. The quantitative estimate of drug-likeness (QED) is 0.646. The molecular formula is C7H16ClNO2S. The second-order valence-corrected chi connectivity index (χ2v) is 5.90. The Bertz CT molecular complexity index is 213. The molecule has 0 fully saturated rings. The van der Waals surface area contributed by atoms with E-state index in [1.165, 1.54) is 4.31 Å². The van der Waals surface area contributed by atoms with Gasteiger partial charge in [-0.3, -0.25) is 0 Å². The third-order valence-corrected chi connectivity index (χ3v) is 3.76. The molecule has 0 aliphatic heterocycles. The van der Waals surface area contributed by atoms with Crippen LogP contribution in [0.15, 0.2) is 0 Å². The lowest BCUT2D eigenvalue weighted by molar-refractivity contribution is 0.461. The third-order valence-electron chi connectivity index (χ3n) is 1.68. The maximum absolute atomic E-state index is 11.2. The van der Waals surface area contributed by atoms with Gasteiger partial charge in [0, 0.05) is 19.0 Å². The predicted molar refractivity (Wildman–Crippen MR) is 52.0 cm³/mol. The molecule has 0 radical (unpaired) electrons. The Morgan fingerprint density at radius 3 is 2.33 bits per heavy atom. The maximum atomic E-state index is 11.2. The summed E-state index contributed by atoms with van der Waals surface area (Å²) in [6, 6.07) is 0. The van der Waals surface area contributed by atoms with Gasteiger partial charge in [-0.05, 0) is 20.3 Å². The van der Waals surface area contributed by atoms with Crippen molar-refractivity contribution in [3.05, 3.63) is 0 Å². The molecule has 0 rings (SSSR count). The average Bonchev–Trinajstić information content (AvgIpc) is 2.00. The molecule has 0 spiro atoms. The lowest BCUT2D eigenvalue weighted by Crippen LogP contribution is -2.30. The molecule has 0 saturated carbocycles. The van der Waals surface area contributed by atoms with Crippen LogP contribution in [-0.4, -0.2) is 37.4 Å². The number of halogens is 1. The summed E-state index contributed by atoms with van der Waals surface area (Å²) < 4.78 is 23.7. The van der Waals surface area contributed by atoms with Crippen LogP contribution in [0.1, 0.15) is 20.3 Å². The molecule has 0 aliphatic rings. The molecular weight excluding hydrogens is 198 g/mol. The smallest absolute Gasteiger partial charge is 0.212 e. The number of sulfonamides is 1. The molecule has 0 heterocycles. The van der Waals surface area contributed by atoms with Crippen molar-refractivity contribution < 1.29 is 8.42 Å². The highest BCUT2D eigenvalue weighted by atomic mass is 35.5. The fourth-order valence-corrected chi connectivity index (χ4v) is 1.64. The first-order valence-electron chi connectivity index (χ1n) is 3.98. The Balaban J connectivity index is 3.96. The zero-order chi connectivity index (χ0) is 9.78. The molecule has 0 bridgehead atoms. The van der Waals surface area contributed by atoms with Crippen LogP contribution < -0.4 is 0 Å². The van der Waals surface area contributed by atoms with Crippen LogP contribution in [-0.2, 0) is 10.0 Å². The van der Waals surface area contributed by atoms with Gasteiger partial charge in [-0.2, -0.15) is 0 Å². The second kappa shape index (κ2) is 5.04. The minimum atomic E-state index is -3.02. The van der Waals surface area contributed by atoms with Gasteiger partial charge >= 0.3 is 0 Å². The average molecular weight is 214 g/mol. The van der Waals surface area contributed by atoms with Crippen molar-refractivity contribution in [3.8, 4) is 0 Å². The van der Waals surface area contributed by atoms with E-state index in [0.717, 1.165) is 0 Å². The predicted octanol–water partition coefficient (Wildman–Crippen LogP) is 1.29. The van der Waals surface area contributed by atoms with E-state index in [1.54, 1.807) is 14.0 Å². The molecule has 1 atom stereocenters. The van der Waals surface area contributed by atoms with Gasteiger partial charge in [0.15, 0.2) is 0 Å². The van der Waals surface area contributed by atoms with Crippen LogP contribution in [0.3, 0.4) is 0 Å². The highest BCUT2D eigenvalue weighted by molar-refractivity contribution is 7.89. The van der Waals surface area contributed by atoms with Crippen molar-refractivity contribution in [2.24, 2.45) is 0 Å². The van der Waals surface area contributed by atoms with Crippen molar-refractivity contribution in [3.63, 3.8) is 0 Å². The summed E-state index contributed by atoms with van der Waals surface area (Å²) >= 11 is 5.69. The van der Waals surface area contributed by atoms with E-state index in [-0.39, 0.29) is 11.1 Å². The number of rotatable bonds is 5. The number of nitrogens with zero attached hydrogens (tertiary/aromatic N) is 1. The second-order valence-electron chi connectivity index (χ2n) is 2.79. The summed E-state index contributed by atoms with van der Waals surface area (Å²) in [7, 11) is -1.44. The van der Waals surface area contributed by atoms with Crippen molar-refractivity contribution in [2.45, 2.75) is 25.6 Å². The molecule has 1 unspecified atom stereocenters. The first-order valence-corrected chi connectivity index (χ1v) is 6.02. The van der Waals surface area contributed by atoms with Crippen molar-refractivity contribution in [1.29, 1.82) is 0 Å². The van der Waals surface area contributed by atoms with Crippen LogP contribution in [0.5, 0.6) is 0 Å². The van der Waals surface area contributed by atoms with Crippen molar-refractivity contribution in [1.82, 2.24) is 4.31 Å². The summed E-state index contributed by atoms with van der Waals surface area (Å²) in [4.78, 5) is 0. The van der Waals surface area contributed by atoms with Crippen LogP contribution in [0.4, 0.5) is 0 Å². The standard InChI is InChI=1S/C7H16ClNO2S/c1-4-12(10,11)9(3)6-5-7(2)8/h7H,4-6H2,1-3H3. The molecule has 74 valence electrons. The SMILES string of the molecule is CCS(=O)(=O)N(C)CCC(C)Cl. The largest absolute Gasteiger partial charge is 0.213 e. The fourth-order valence-electron chi connectivity index (χ4n) is 0.719. The Kier molecular flexibility index (Phi) is 5.13. The highest BCUT2D eigenvalue weighted by Gasteiger charge is 2.14. The van der Waals surface area contributed by atoms with Gasteiger partial charge in [-0.25, -0.2) is 12.7 Å². The molecule has 3 nitrogen and oxygen atoms in total. The maximum Gasteiger partial charge on any atom is 0.213 e. The Morgan fingerprint density at radius 1 is 1.50 bits per heavy atom. The van der Waals surface area contributed by atoms with E-state index in [2.05, 4.69) is 0 Å². The Morgan fingerprint density at radius 2 is 2.00 bits per heavy atom. The Labute approximate surface area is 79.8 Å². The number of hydrogen-bond donors (Lipinski definition) is 0. The highest BCUT2D eigenvalue weighted by Crippen LogP contribution is 2.04. The molecule has 12 heavy (non-hydrogen) atoms. The van der Waals surface area contributed by atoms with Gasteiger partial charge in [0.1, 0.15) is 0 Å². The van der Waals surface area contributed by atoms with Gasteiger partial charge in [-0.15, -0.1) is 11.6 Å². The zero-order valence-electron chi connectivity index (χ0n) is 7.75. The monoisotopic (exact) mass is 213 g/mol. The minimum Gasteiger partial charge on any atom is -0.212 e. The topological polar surface area (TPSA) is 37.4 Å². The Hall–Kier alpha value is 0.200. The lowest BCUT2D eigenvalue weighted by atomic mass is 10.3. The van der Waals surface area contributed by atoms with Crippen LogP contribution in [0.25, 0.3) is 0 Å². The molecule has 0 aromatic heterocycles. The van der Waals surface area contributed by atoms with Gasteiger partial charge in [-0.1, -0.05) is 0 Å². The normalized spacial score (nSPS) is 15.1. The zero-order valence-corrected chi connectivity index (χ0v) is 9.32. The van der Waals surface area contributed by atoms with Crippen LogP contribution >= 0.6 is 11.6 Å². The first kappa shape index (κ1) is 12.2. The van der Waals surface area contributed by atoms with E-state index >= 15 is 0 Å². The molecule has 0 aromatic rings. The van der Waals surface area contributed by atoms with Gasteiger partial charge in [0.05, 0.1) is 5.75 Å². The van der Waals surface area contributed by atoms with E-state index in [1.807, 2.05) is 6.92 Å². The van der Waals surface area contributed by atoms with E-state index in [4.69, 9.17) is 11.6 Å². The molecule has 0 aliphatic carbocycles. The fraction of sp³-hybridized carbons (Fsp3) is 1.00. The van der Waals surface area contributed by atoms with Crippen LogP contribution in [0, 0.1) is 0 Å². The van der Waals surface area contributed by atoms with E-state index in [0.29, 0.717) is 13.0 Å². The van der Waals surface area contributed by atoms with Gasteiger partial charge in [0.2, 0.25) is 10.0 Å². The minimum absolute atomic E-state index is 0.0273. The van der Waals surface area contributed by atoms with Gasteiger partial charge < -0.3 is 0 Å².